The average molecular weight is 346 g/mol. The number of hydrogen-bond acceptors (Lipinski definition) is 2. The van der Waals surface area contributed by atoms with E-state index in [2.05, 4.69) is 23.0 Å². The summed E-state index contributed by atoms with van der Waals surface area (Å²) in [6.07, 6.45) is 0. The molecule has 126 valence electrons. The Hall–Kier alpha value is -4.07. The van der Waals surface area contributed by atoms with Gasteiger partial charge in [0, 0.05) is 16.3 Å². The molecule has 27 heavy (non-hydrogen) atoms. The molecule has 0 fully saturated rings. The van der Waals surface area contributed by atoms with Crippen molar-refractivity contribution in [2.75, 3.05) is 0 Å². The largest absolute Gasteiger partial charge is 0.318 e. The fourth-order valence-corrected chi connectivity index (χ4v) is 3.58. The molecule has 0 radical (unpaired) electrons. The Morgan fingerprint density at radius 2 is 1.44 bits per heavy atom. The third-order valence-electron chi connectivity index (χ3n) is 4.76. The highest BCUT2D eigenvalue weighted by atomic mass is 15.0. The van der Waals surface area contributed by atoms with Gasteiger partial charge in [-0.15, -0.1) is 0 Å². The molecule has 0 bridgehead atoms. The summed E-state index contributed by atoms with van der Waals surface area (Å²) in [6.45, 7) is 11.7. The predicted molar refractivity (Wildman–Crippen MR) is 106 cm³/mol. The van der Waals surface area contributed by atoms with Crippen molar-refractivity contribution in [2.45, 2.75) is 13.8 Å². The van der Waals surface area contributed by atoms with Crippen molar-refractivity contribution in [3.63, 3.8) is 0 Å². The van der Waals surface area contributed by atoms with E-state index in [1.807, 2.05) is 48.7 Å². The van der Waals surface area contributed by atoms with Crippen LogP contribution in [0.15, 0.2) is 48.5 Å². The first kappa shape index (κ1) is 16.4. The molecule has 0 aliphatic heterocycles. The molecule has 4 rings (SSSR count). The lowest BCUT2D eigenvalue weighted by atomic mass is 10.1. The van der Waals surface area contributed by atoms with Gasteiger partial charge in [0.15, 0.2) is 0 Å². The summed E-state index contributed by atoms with van der Waals surface area (Å²) in [5.41, 5.74) is 5.63. The molecule has 0 atom stereocenters. The highest BCUT2D eigenvalue weighted by Crippen LogP contribution is 2.38. The van der Waals surface area contributed by atoms with Crippen LogP contribution in [-0.2, 0) is 0 Å². The Kier molecular flexibility index (Phi) is 3.66. The van der Waals surface area contributed by atoms with Crippen LogP contribution in [-0.4, -0.2) is 4.57 Å². The number of nitriles is 2. The van der Waals surface area contributed by atoms with Crippen LogP contribution in [0.25, 0.3) is 32.3 Å². The van der Waals surface area contributed by atoms with Crippen LogP contribution in [0.1, 0.15) is 22.3 Å². The normalized spacial score (nSPS) is 10.5. The monoisotopic (exact) mass is 346 g/mol. The first-order chi connectivity index (χ1) is 13.1. The highest BCUT2D eigenvalue weighted by molar-refractivity contribution is 6.10. The smallest absolute Gasteiger partial charge is 0.213 e. The zero-order valence-electron chi connectivity index (χ0n) is 14.9. The minimum absolute atomic E-state index is 0.297. The molecule has 0 unspecified atom stereocenters. The average Bonchev–Trinajstić information content (AvgIpc) is 2.99. The zero-order valence-corrected chi connectivity index (χ0v) is 14.9. The van der Waals surface area contributed by atoms with Crippen molar-refractivity contribution in [3.8, 4) is 17.8 Å². The Bertz CT molecular complexity index is 1270. The summed E-state index contributed by atoms with van der Waals surface area (Å²) >= 11 is 0. The van der Waals surface area contributed by atoms with Crippen LogP contribution in [0.2, 0.25) is 0 Å². The van der Waals surface area contributed by atoms with Gasteiger partial charge in [0.2, 0.25) is 5.69 Å². The molecule has 4 aromatic rings. The number of benzene rings is 3. The molecule has 3 aromatic carbocycles. The van der Waals surface area contributed by atoms with Gasteiger partial charge in [-0.25, -0.2) is 4.85 Å². The number of aryl methyl sites for hydroxylation is 2. The highest BCUT2D eigenvalue weighted by Gasteiger charge is 2.19. The number of hydrogen-bond donors (Lipinski definition) is 0. The number of aromatic nitrogens is 1. The van der Waals surface area contributed by atoms with E-state index < -0.39 is 0 Å². The third kappa shape index (κ3) is 2.43. The molecule has 1 aromatic heterocycles. The number of nitrogens with zero attached hydrogens (tertiary/aromatic N) is 4. The lowest BCUT2D eigenvalue weighted by molar-refractivity contribution is 1.17. The molecule has 0 amide bonds. The van der Waals surface area contributed by atoms with Gasteiger partial charge in [0.25, 0.3) is 0 Å². The molecule has 0 saturated carbocycles. The van der Waals surface area contributed by atoms with E-state index in [0.717, 1.165) is 32.9 Å². The van der Waals surface area contributed by atoms with Crippen molar-refractivity contribution in [2.24, 2.45) is 0 Å². The third-order valence-corrected chi connectivity index (χ3v) is 4.76. The van der Waals surface area contributed by atoms with Crippen LogP contribution in [0.5, 0.6) is 0 Å². The van der Waals surface area contributed by atoms with Crippen LogP contribution < -0.4 is 0 Å². The Morgan fingerprint density at radius 1 is 0.852 bits per heavy atom. The van der Waals surface area contributed by atoms with E-state index in [0.29, 0.717) is 22.5 Å². The van der Waals surface area contributed by atoms with Crippen molar-refractivity contribution < 1.29 is 0 Å². The predicted octanol–water partition coefficient (Wildman–Crippen LogP) is 5.69. The molecule has 0 spiro atoms. The topological polar surface area (TPSA) is 56.9 Å². The summed E-state index contributed by atoms with van der Waals surface area (Å²) in [7, 11) is 0. The van der Waals surface area contributed by atoms with Crippen LogP contribution in [0.3, 0.4) is 0 Å². The Morgan fingerprint density at radius 3 is 1.93 bits per heavy atom. The van der Waals surface area contributed by atoms with E-state index in [1.165, 1.54) is 0 Å². The number of fused-ring (bicyclic) bond motifs is 3. The molecule has 4 nitrogen and oxygen atoms in total. The van der Waals surface area contributed by atoms with Gasteiger partial charge in [0.1, 0.15) is 0 Å². The van der Waals surface area contributed by atoms with Gasteiger partial charge >= 0.3 is 0 Å². The maximum atomic E-state index is 9.71. The lowest BCUT2D eigenvalue weighted by Crippen LogP contribution is -1.99. The van der Waals surface area contributed by atoms with E-state index in [4.69, 9.17) is 6.57 Å². The first-order valence-corrected chi connectivity index (χ1v) is 8.45. The lowest BCUT2D eigenvalue weighted by Gasteiger charge is -2.12. The van der Waals surface area contributed by atoms with Gasteiger partial charge in [-0.05, 0) is 50.2 Å². The molecule has 0 aliphatic carbocycles. The molecular formula is C23H14N4. The van der Waals surface area contributed by atoms with E-state index in [1.54, 1.807) is 12.1 Å². The number of rotatable bonds is 1. The second-order valence-corrected chi connectivity index (χ2v) is 6.60. The SMILES string of the molecule is [C-]#[N+]c1cc(C#N)cc(C#N)c1-n1c2ccc(C)cc2c2cc(C)ccc21. The second kappa shape index (κ2) is 6.03. The summed E-state index contributed by atoms with van der Waals surface area (Å²) < 4.78 is 1.97. The minimum Gasteiger partial charge on any atom is -0.318 e. The van der Waals surface area contributed by atoms with E-state index in [-0.39, 0.29) is 0 Å². The quantitative estimate of drug-likeness (QED) is 0.415. The fourth-order valence-electron chi connectivity index (χ4n) is 3.58. The fraction of sp³-hybridized carbons (Fsp3) is 0.0870. The van der Waals surface area contributed by atoms with Crippen LogP contribution in [0, 0.1) is 43.1 Å². The Balaban J connectivity index is 2.26. The second-order valence-electron chi connectivity index (χ2n) is 6.60. The van der Waals surface area contributed by atoms with Crippen molar-refractivity contribution in [1.29, 1.82) is 10.5 Å². The van der Waals surface area contributed by atoms with Gasteiger partial charge < -0.3 is 4.57 Å². The molecule has 0 saturated heterocycles. The van der Waals surface area contributed by atoms with Gasteiger partial charge in [-0.3, -0.25) is 0 Å². The van der Waals surface area contributed by atoms with Crippen LogP contribution in [0.4, 0.5) is 5.69 Å². The summed E-state index contributed by atoms with van der Waals surface area (Å²) in [4.78, 5) is 3.62. The van der Waals surface area contributed by atoms with Gasteiger partial charge in [-0.1, -0.05) is 23.3 Å². The van der Waals surface area contributed by atoms with Crippen molar-refractivity contribution in [1.82, 2.24) is 4.57 Å². The summed E-state index contributed by atoms with van der Waals surface area (Å²) in [5.74, 6) is 0. The van der Waals surface area contributed by atoms with E-state index >= 15 is 0 Å². The molecule has 4 heteroatoms. The van der Waals surface area contributed by atoms with Crippen molar-refractivity contribution >= 4 is 27.5 Å². The molecular weight excluding hydrogens is 332 g/mol. The molecule has 0 N–H and O–H groups in total. The molecule has 0 aliphatic rings. The minimum atomic E-state index is 0.297. The standard InChI is InChI=1S/C23H14N4/c1-14-4-6-21-18(8-14)19-9-15(2)5-7-22(19)27(21)23-17(13-25)10-16(12-24)11-20(23)26-3/h4-11H,1-2H3. The first-order valence-electron chi connectivity index (χ1n) is 8.45. The maximum absolute atomic E-state index is 9.71. The Labute approximate surface area is 156 Å². The maximum Gasteiger partial charge on any atom is 0.213 e. The van der Waals surface area contributed by atoms with Crippen LogP contribution >= 0.6 is 0 Å². The summed E-state index contributed by atoms with van der Waals surface area (Å²) in [5, 5.41) is 21.1. The van der Waals surface area contributed by atoms with Gasteiger partial charge in [-0.2, -0.15) is 10.5 Å². The molecule has 1 heterocycles. The van der Waals surface area contributed by atoms with E-state index in [9.17, 15) is 10.5 Å². The van der Waals surface area contributed by atoms with Crippen molar-refractivity contribution in [3.05, 3.63) is 82.2 Å². The zero-order chi connectivity index (χ0) is 19.1. The summed E-state index contributed by atoms with van der Waals surface area (Å²) in [6, 6.07) is 19.6. The van der Waals surface area contributed by atoms with Gasteiger partial charge in [0.05, 0.1) is 41.0 Å².